The second-order valence-electron chi connectivity index (χ2n) is 6.06. The van der Waals surface area contributed by atoms with E-state index in [9.17, 15) is 4.79 Å². The van der Waals surface area contributed by atoms with E-state index in [2.05, 4.69) is 22.1 Å². The molecule has 3 rings (SSSR count). The van der Waals surface area contributed by atoms with Crippen LogP contribution in [0.4, 0.5) is 0 Å². The van der Waals surface area contributed by atoms with Crippen LogP contribution >= 0.6 is 11.3 Å². The van der Waals surface area contributed by atoms with E-state index in [-0.39, 0.29) is 11.9 Å². The minimum absolute atomic E-state index is 0.236. The summed E-state index contributed by atoms with van der Waals surface area (Å²) >= 11 is 1.83. The van der Waals surface area contributed by atoms with E-state index < -0.39 is 0 Å². The molecule has 2 aliphatic rings. The Kier molecular flexibility index (Phi) is 4.73. The van der Waals surface area contributed by atoms with Gasteiger partial charge < -0.3 is 10.6 Å². The van der Waals surface area contributed by atoms with Crippen molar-refractivity contribution >= 4 is 17.2 Å². The molecule has 0 saturated carbocycles. The molecule has 0 spiro atoms. The number of rotatable bonds is 4. The Morgan fingerprint density at radius 1 is 1.40 bits per heavy atom. The molecule has 2 atom stereocenters. The zero-order valence-corrected chi connectivity index (χ0v) is 12.8. The van der Waals surface area contributed by atoms with Crippen molar-refractivity contribution in [2.75, 3.05) is 13.1 Å². The molecule has 0 aromatic carbocycles. The van der Waals surface area contributed by atoms with Crippen molar-refractivity contribution in [1.82, 2.24) is 10.6 Å². The number of thiophene rings is 1. The number of amides is 1. The van der Waals surface area contributed by atoms with Crippen molar-refractivity contribution in [3.8, 4) is 0 Å². The standard InChI is InChI=1S/C16H24N2OS/c19-16(7-6-12-3-2-9-17-11-12)18-14-4-1-5-15-13(14)8-10-20-15/h8,10,12,14,17H,1-7,9,11H2,(H,18,19). The lowest BCUT2D eigenvalue weighted by Gasteiger charge is -2.25. The largest absolute Gasteiger partial charge is 0.349 e. The van der Waals surface area contributed by atoms with Gasteiger partial charge in [0.1, 0.15) is 0 Å². The first kappa shape index (κ1) is 14.1. The topological polar surface area (TPSA) is 41.1 Å². The smallest absolute Gasteiger partial charge is 0.220 e. The lowest BCUT2D eigenvalue weighted by Crippen LogP contribution is -2.33. The third kappa shape index (κ3) is 3.41. The third-order valence-corrected chi connectivity index (χ3v) is 5.56. The molecule has 110 valence electrons. The highest BCUT2D eigenvalue weighted by molar-refractivity contribution is 7.10. The molecule has 1 amide bonds. The van der Waals surface area contributed by atoms with Crippen LogP contribution < -0.4 is 10.6 Å². The molecular weight excluding hydrogens is 268 g/mol. The van der Waals surface area contributed by atoms with E-state index in [1.807, 2.05) is 11.3 Å². The number of carbonyl (C=O) groups is 1. The fourth-order valence-corrected chi connectivity index (χ4v) is 4.40. The van der Waals surface area contributed by atoms with Crippen LogP contribution in [0.2, 0.25) is 0 Å². The van der Waals surface area contributed by atoms with E-state index in [0.717, 1.165) is 25.9 Å². The molecule has 1 aromatic rings. The van der Waals surface area contributed by atoms with Crippen LogP contribution in [0.15, 0.2) is 11.4 Å². The molecule has 2 unspecified atom stereocenters. The van der Waals surface area contributed by atoms with E-state index in [1.54, 1.807) is 0 Å². The molecule has 4 heteroatoms. The second-order valence-corrected chi connectivity index (χ2v) is 7.06. The molecule has 1 fully saturated rings. The van der Waals surface area contributed by atoms with Gasteiger partial charge in [0, 0.05) is 11.3 Å². The van der Waals surface area contributed by atoms with Crippen LogP contribution in [0.5, 0.6) is 0 Å². The fourth-order valence-electron chi connectivity index (χ4n) is 3.41. The van der Waals surface area contributed by atoms with Crippen LogP contribution in [0.3, 0.4) is 0 Å². The van der Waals surface area contributed by atoms with Crippen LogP contribution in [-0.2, 0) is 11.2 Å². The first-order valence-corrected chi connectivity index (χ1v) is 8.77. The average molecular weight is 292 g/mol. The summed E-state index contributed by atoms with van der Waals surface area (Å²) in [6.45, 7) is 2.23. The quantitative estimate of drug-likeness (QED) is 0.895. The van der Waals surface area contributed by atoms with E-state index >= 15 is 0 Å². The van der Waals surface area contributed by atoms with Crippen molar-refractivity contribution < 1.29 is 4.79 Å². The summed E-state index contributed by atoms with van der Waals surface area (Å²) in [7, 11) is 0. The highest BCUT2D eigenvalue weighted by atomic mass is 32.1. The number of aryl methyl sites for hydroxylation is 1. The van der Waals surface area contributed by atoms with Gasteiger partial charge >= 0.3 is 0 Å². The van der Waals surface area contributed by atoms with Gasteiger partial charge in [0.25, 0.3) is 0 Å². The Labute approximate surface area is 125 Å². The van der Waals surface area contributed by atoms with E-state index in [4.69, 9.17) is 0 Å². The molecule has 20 heavy (non-hydrogen) atoms. The first-order chi connectivity index (χ1) is 9.83. The molecule has 1 aromatic heterocycles. The van der Waals surface area contributed by atoms with Gasteiger partial charge in [-0.05, 0) is 74.5 Å². The molecule has 1 aliphatic heterocycles. The molecule has 0 radical (unpaired) electrons. The number of piperidine rings is 1. The Morgan fingerprint density at radius 2 is 2.35 bits per heavy atom. The molecule has 0 bridgehead atoms. The predicted molar refractivity (Wildman–Crippen MR) is 83.0 cm³/mol. The summed E-state index contributed by atoms with van der Waals surface area (Å²) in [4.78, 5) is 13.6. The van der Waals surface area contributed by atoms with Gasteiger partial charge in [0.15, 0.2) is 0 Å². The van der Waals surface area contributed by atoms with Gasteiger partial charge in [-0.2, -0.15) is 0 Å². The number of carbonyl (C=O) groups excluding carboxylic acids is 1. The minimum atomic E-state index is 0.236. The molecule has 1 aliphatic carbocycles. The Morgan fingerprint density at radius 3 is 3.20 bits per heavy atom. The molecule has 2 N–H and O–H groups in total. The van der Waals surface area contributed by atoms with Gasteiger partial charge in [-0.25, -0.2) is 0 Å². The fraction of sp³-hybridized carbons (Fsp3) is 0.688. The SMILES string of the molecule is O=C(CCC1CCCNC1)NC1CCCc2sccc21. The first-order valence-electron chi connectivity index (χ1n) is 7.89. The molecule has 2 heterocycles. The Hall–Kier alpha value is -0.870. The zero-order chi connectivity index (χ0) is 13.8. The van der Waals surface area contributed by atoms with Gasteiger partial charge in [-0.1, -0.05) is 0 Å². The average Bonchev–Trinajstić information content (AvgIpc) is 2.96. The predicted octanol–water partition coefficient (Wildman–Crippen LogP) is 3.02. The van der Waals surface area contributed by atoms with Crippen LogP contribution in [-0.4, -0.2) is 19.0 Å². The summed E-state index contributed by atoms with van der Waals surface area (Å²) in [6, 6.07) is 2.46. The summed E-state index contributed by atoms with van der Waals surface area (Å²) < 4.78 is 0. The van der Waals surface area contributed by atoms with Crippen LogP contribution in [0.1, 0.15) is 55.0 Å². The summed E-state index contributed by atoms with van der Waals surface area (Å²) in [5, 5.41) is 8.82. The van der Waals surface area contributed by atoms with Crippen LogP contribution in [0.25, 0.3) is 0 Å². The van der Waals surface area contributed by atoms with E-state index in [0.29, 0.717) is 12.3 Å². The number of nitrogens with one attached hydrogen (secondary N) is 2. The summed E-state index contributed by atoms with van der Waals surface area (Å²) in [5.41, 5.74) is 1.37. The zero-order valence-electron chi connectivity index (χ0n) is 12.0. The maximum atomic E-state index is 12.2. The van der Waals surface area contributed by atoms with Crippen molar-refractivity contribution in [3.05, 3.63) is 21.9 Å². The lowest BCUT2D eigenvalue weighted by atomic mass is 9.92. The molecule has 3 nitrogen and oxygen atoms in total. The van der Waals surface area contributed by atoms with Gasteiger partial charge in [0.05, 0.1) is 6.04 Å². The van der Waals surface area contributed by atoms with Crippen molar-refractivity contribution in [2.24, 2.45) is 5.92 Å². The summed E-state index contributed by atoms with van der Waals surface area (Å²) in [6.07, 6.45) is 7.73. The summed E-state index contributed by atoms with van der Waals surface area (Å²) in [5.74, 6) is 0.928. The van der Waals surface area contributed by atoms with Gasteiger partial charge in [-0.3, -0.25) is 4.79 Å². The molecule has 1 saturated heterocycles. The van der Waals surface area contributed by atoms with Crippen molar-refractivity contribution in [3.63, 3.8) is 0 Å². The van der Waals surface area contributed by atoms with Crippen molar-refractivity contribution in [2.45, 2.75) is 51.0 Å². The van der Waals surface area contributed by atoms with Crippen LogP contribution in [0, 0.1) is 5.92 Å². The second kappa shape index (κ2) is 6.72. The van der Waals surface area contributed by atoms with Gasteiger partial charge in [-0.15, -0.1) is 11.3 Å². The normalized spacial score (nSPS) is 26.0. The third-order valence-electron chi connectivity index (χ3n) is 4.57. The highest BCUT2D eigenvalue weighted by Gasteiger charge is 2.23. The lowest BCUT2D eigenvalue weighted by molar-refractivity contribution is -0.122. The Bertz CT molecular complexity index is 451. The van der Waals surface area contributed by atoms with Crippen molar-refractivity contribution in [1.29, 1.82) is 0 Å². The minimum Gasteiger partial charge on any atom is -0.349 e. The van der Waals surface area contributed by atoms with Gasteiger partial charge in [0.2, 0.25) is 5.91 Å². The monoisotopic (exact) mass is 292 g/mol. The number of hydrogen-bond donors (Lipinski definition) is 2. The number of hydrogen-bond acceptors (Lipinski definition) is 3. The maximum absolute atomic E-state index is 12.2. The number of fused-ring (bicyclic) bond motifs is 1. The Balaban J connectivity index is 1.47. The molecular formula is C16H24N2OS. The van der Waals surface area contributed by atoms with E-state index in [1.165, 1.54) is 36.1 Å². The maximum Gasteiger partial charge on any atom is 0.220 e. The highest BCUT2D eigenvalue weighted by Crippen LogP contribution is 2.33.